The Morgan fingerprint density at radius 2 is 1.70 bits per heavy atom. The molecule has 3 rings (SSSR count). The van der Waals surface area contributed by atoms with Gasteiger partial charge in [-0.05, 0) is 28.5 Å². The molecular weight excluding hydrogens is 398 g/mol. The summed E-state index contributed by atoms with van der Waals surface area (Å²) in [4.78, 5) is 38.0. The largest absolute Gasteiger partial charge is 0.457 e. The van der Waals surface area contributed by atoms with Gasteiger partial charge < -0.3 is 10.1 Å². The molecule has 30 heavy (non-hydrogen) atoms. The Morgan fingerprint density at radius 1 is 0.967 bits per heavy atom. The standard InChI is InChI=1S/C24H25NO4S/c1-24(2,3)23(28)25-14-18-11-12-21(30-18)20(26)15-29-22(27)13-17-9-6-8-16-7-4-5-10-19(16)17/h4-12H,13-15H2,1-3H3,(H,25,28). The predicted molar refractivity (Wildman–Crippen MR) is 119 cm³/mol. The summed E-state index contributed by atoms with van der Waals surface area (Å²) in [7, 11) is 0. The number of rotatable bonds is 7. The lowest BCUT2D eigenvalue weighted by molar-refractivity contribution is -0.141. The fourth-order valence-corrected chi connectivity index (χ4v) is 3.80. The number of nitrogens with one attached hydrogen (secondary N) is 1. The van der Waals surface area contributed by atoms with Crippen LogP contribution in [0.1, 0.15) is 40.9 Å². The van der Waals surface area contributed by atoms with E-state index in [-0.39, 0.29) is 24.7 Å². The topological polar surface area (TPSA) is 72.5 Å². The van der Waals surface area contributed by atoms with E-state index in [9.17, 15) is 14.4 Å². The molecule has 3 aromatic rings. The molecule has 2 aromatic carbocycles. The third-order valence-corrected chi connectivity index (χ3v) is 5.75. The van der Waals surface area contributed by atoms with Crippen LogP contribution in [-0.2, 0) is 27.3 Å². The van der Waals surface area contributed by atoms with Crippen molar-refractivity contribution in [3.05, 3.63) is 69.9 Å². The van der Waals surface area contributed by atoms with Crippen molar-refractivity contribution < 1.29 is 19.1 Å². The van der Waals surface area contributed by atoms with Gasteiger partial charge in [-0.15, -0.1) is 11.3 Å². The van der Waals surface area contributed by atoms with Gasteiger partial charge in [-0.3, -0.25) is 14.4 Å². The summed E-state index contributed by atoms with van der Waals surface area (Å²) >= 11 is 1.30. The van der Waals surface area contributed by atoms with Crippen molar-refractivity contribution in [3.63, 3.8) is 0 Å². The Bertz CT molecular complexity index is 1070. The zero-order valence-electron chi connectivity index (χ0n) is 17.4. The van der Waals surface area contributed by atoms with E-state index in [0.717, 1.165) is 21.2 Å². The number of hydrogen-bond acceptors (Lipinski definition) is 5. The summed E-state index contributed by atoms with van der Waals surface area (Å²) in [6, 6.07) is 17.1. The van der Waals surface area contributed by atoms with Crippen LogP contribution < -0.4 is 5.32 Å². The van der Waals surface area contributed by atoms with Crippen molar-refractivity contribution in [1.82, 2.24) is 5.32 Å². The van der Waals surface area contributed by atoms with Crippen molar-refractivity contribution in [1.29, 1.82) is 0 Å². The first-order valence-electron chi connectivity index (χ1n) is 9.76. The SMILES string of the molecule is CC(C)(C)C(=O)NCc1ccc(C(=O)COC(=O)Cc2cccc3ccccc23)s1. The van der Waals surface area contributed by atoms with E-state index in [1.54, 1.807) is 12.1 Å². The minimum atomic E-state index is -0.464. The third kappa shape index (κ3) is 5.54. The molecule has 0 saturated carbocycles. The number of fused-ring (bicyclic) bond motifs is 1. The highest BCUT2D eigenvalue weighted by molar-refractivity contribution is 7.14. The van der Waals surface area contributed by atoms with Crippen LogP contribution in [0.5, 0.6) is 0 Å². The number of carbonyl (C=O) groups excluding carboxylic acids is 3. The van der Waals surface area contributed by atoms with Gasteiger partial charge in [0.2, 0.25) is 11.7 Å². The molecule has 0 aliphatic carbocycles. The van der Waals surface area contributed by atoms with Crippen molar-refractivity contribution >= 4 is 39.8 Å². The zero-order valence-corrected chi connectivity index (χ0v) is 18.2. The fraction of sp³-hybridized carbons (Fsp3) is 0.292. The van der Waals surface area contributed by atoms with Crippen LogP contribution in [0.3, 0.4) is 0 Å². The van der Waals surface area contributed by atoms with Gasteiger partial charge in [0, 0.05) is 10.3 Å². The zero-order chi connectivity index (χ0) is 21.7. The van der Waals surface area contributed by atoms with E-state index < -0.39 is 11.4 Å². The van der Waals surface area contributed by atoms with Crippen LogP contribution in [0.2, 0.25) is 0 Å². The van der Waals surface area contributed by atoms with Crippen molar-refractivity contribution in [2.24, 2.45) is 5.41 Å². The number of thiophene rings is 1. The fourth-order valence-electron chi connectivity index (χ4n) is 2.93. The van der Waals surface area contributed by atoms with E-state index in [1.165, 1.54) is 11.3 Å². The minimum absolute atomic E-state index is 0.0499. The molecule has 1 amide bonds. The molecule has 1 N–H and O–H groups in total. The lowest BCUT2D eigenvalue weighted by atomic mass is 9.96. The lowest BCUT2D eigenvalue weighted by Crippen LogP contribution is -2.34. The molecule has 0 aliphatic heterocycles. The number of benzene rings is 2. The monoisotopic (exact) mass is 423 g/mol. The molecule has 5 nitrogen and oxygen atoms in total. The maximum Gasteiger partial charge on any atom is 0.310 e. The first-order chi connectivity index (χ1) is 14.2. The predicted octanol–water partition coefficient (Wildman–Crippen LogP) is 4.53. The van der Waals surface area contributed by atoms with E-state index in [0.29, 0.717) is 11.4 Å². The maximum atomic E-state index is 12.4. The third-order valence-electron chi connectivity index (χ3n) is 4.62. The summed E-state index contributed by atoms with van der Waals surface area (Å²) in [6.07, 6.45) is 0.114. The number of carbonyl (C=O) groups is 3. The first-order valence-corrected chi connectivity index (χ1v) is 10.6. The molecule has 0 radical (unpaired) electrons. The van der Waals surface area contributed by atoms with Crippen LogP contribution in [0, 0.1) is 5.41 Å². The molecule has 0 fully saturated rings. The van der Waals surface area contributed by atoms with Crippen molar-refractivity contribution in [2.75, 3.05) is 6.61 Å². The number of Topliss-reactive ketones (excluding diaryl/α,β-unsaturated/α-hetero) is 1. The quantitative estimate of drug-likeness (QED) is 0.448. The summed E-state index contributed by atoms with van der Waals surface area (Å²) in [6.45, 7) is 5.61. The van der Waals surface area contributed by atoms with Gasteiger partial charge in [-0.1, -0.05) is 63.2 Å². The van der Waals surface area contributed by atoms with E-state index in [1.807, 2.05) is 63.2 Å². The Morgan fingerprint density at radius 3 is 2.47 bits per heavy atom. The second kappa shape index (κ2) is 9.22. The molecule has 0 saturated heterocycles. The number of esters is 1. The molecular formula is C24H25NO4S. The molecule has 1 aromatic heterocycles. The smallest absolute Gasteiger partial charge is 0.310 e. The van der Waals surface area contributed by atoms with Crippen LogP contribution in [-0.4, -0.2) is 24.3 Å². The highest BCUT2D eigenvalue weighted by atomic mass is 32.1. The molecule has 0 bridgehead atoms. The van der Waals surface area contributed by atoms with Gasteiger partial charge in [0.15, 0.2) is 6.61 Å². The molecule has 1 heterocycles. The van der Waals surface area contributed by atoms with Gasteiger partial charge in [0.25, 0.3) is 0 Å². The summed E-state index contributed by atoms with van der Waals surface area (Å²) in [5.74, 6) is -0.736. The summed E-state index contributed by atoms with van der Waals surface area (Å²) in [5.41, 5.74) is 0.410. The Hall–Kier alpha value is -2.99. The average molecular weight is 424 g/mol. The Balaban J connectivity index is 1.52. The van der Waals surface area contributed by atoms with E-state index in [2.05, 4.69) is 5.32 Å². The Labute approximate surface area is 180 Å². The van der Waals surface area contributed by atoms with Gasteiger partial charge >= 0.3 is 5.97 Å². The molecule has 0 spiro atoms. The highest BCUT2D eigenvalue weighted by Crippen LogP contribution is 2.20. The maximum absolute atomic E-state index is 12.4. The summed E-state index contributed by atoms with van der Waals surface area (Å²) in [5, 5.41) is 4.92. The second-order valence-corrected chi connectivity index (χ2v) is 9.27. The van der Waals surface area contributed by atoms with Gasteiger partial charge in [0.05, 0.1) is 17.8 Å². The average Bonchev–Trinajstić information content (AvgIpc) is 3.19. The van der Waals surface area contributed by atoms with E-state index in [4.69, 9.17) is 4.74 Å². The first kappa shape index (κ1) is 21.7. The molecule has 156 valence electrons. The molecule has 0 atom stereocenters. The summed E-state index contributed by atoms with van der Waals surface area (Å²) < 4.78 is 5.21. The lowest BCUT2D eigenvalue weighted by Gasteiger charge is -2.17. The van der Waals surface area contributed by atoms with Gasteiger partial charge in [-0.2, -0.15) is 0 Å². The second-order valence-electron chi connectivity index (χ2n) is 8.10. The number of ether oxygens (including phenoxy) is 1. The van der Waals surface area contributed by atoms with Crippen LogP contribution in [0.25, 0.3) is 10.8 Å². The number of ketones is 1. The van der Waals surface area contributed by atoms with Crippen molar-refractivity contribution in [2.45, 2.75) is 33.7 Å². The normalized spacial score (nSPS) is 11.3. The number of hydrogen-bond donors (Lipinski definition) is 1. The number of amides is 1. The molecule has 6 heteroatoms. The minimum Gasteiger partial charge on any atom is -0.457 e. The van der Waals surface area contributed by atoms with E-state index >= 15 is 0 Å². The van der Waals surface area contributed by atoms with Crippen molar-refractivity contribution in [3.8, 4) is 0 Å². The van der Waals surface area contributed by atoms with Crippen LogP contribution in [0.4, 0.5) is 0 Å². The molecule has 0 aliphatic rings. The van der Waals surface area contributed by atoms with Crippen LogP contribution in [0.15, 0.2) is 54.6 Å². The van der Waals surface area contributed by atoms with Crippen LogP contribution >= 0.6 is 11.3 Å². The molecule has 0 unspecified atom stereocenters. The highest BCUT2D eigenvalue weighted by Gasteiger charge is 2.21. The van der Waals surface area contributed by atoms with Gasteiger partial charge in [-0.25, -0.2) is 0 Å². The Kier molecular flexibility index (Phi) is 6.67. The van der Waals surface area contributed by atoms with Gasteiger partial charge in [0.1, 0.15) is 0 Å².